The van der Waals surface area contributed by atoms with Gasteiger partial charge in [-0.15, -0.1) is 0 Å². The molecular weight excluding hydrogens is 96.1 g/mol. The fourth-order valence-corrected chi connectivity index (χ4v) is 2.06. The number of fused-ring (bicyclic) bond motifs is 1. The summed E-state index contributed by atoms with van der Waals surface area (Å²) in [6.45, 7) is 6.33. The highest BCUT2D eigenvalue weighted by Crippen LogP contribution is 2.56. The van der Waals surface area contributed by atoms with Crippen LogP contribution in [0.3, 0.4) is 0 Å². The third-order valence-corrected chi connectivity index (χ3v) is 2.90. The molecule has 0 aliphatic heterocycles. The van der Waals surface area contributed by atoms with Crippen molar-refractivity contribution in [3.05, 3.63) is 12.2 Å². The van der Waals surface area contributed by atoms with Crippen molar-refractivity contribution in [3.63, 3.8) is 0 Å². The fraction of sp³-hybridized carbons (Fsp3) is 0.750. The second-order valence-corrected chi connectivity index (χ2v) is 3.35. The molecule has 44 valence electrons. The molecular formula is C8H12. The zero-order valence-corrected chi connectivity index (χ0v) is 5.35. The molecule has 2 aliphatic rings. The molecule has 0 N–H and O–H groups in total. The van der Waals surface area contributed by atoms with Gasteiger partial charge in [-0.2, -0.15) is 0 Å². The van der Waals surface area contributed by atoms with Gasteiger partial charge in [-0.05, 0) is 30.6 Å². The molecule has 0 radical (unpaired) electrons. The van der Waals surface area contributed by atoms with Crippen molar-refractivity contribution in [2.45, 2.75) is 19.8 Å². The van der Waals surface area contributed by atoms with Crippen molar-refractivity contribution in [3.8, 4) is 0 Å². The molecule has 0 spiro atoms. The largest absolute Gasteiger partial charge is 0.0996 e. The summed E-state index contributed by atoms with van der Waals surface area (Å²) in [5.41, 5.74) is 1.52. The third kappa shape index (κ3) is 0.331. The minimum Gasteiger partial charge on any atom is -0.0996 e. The molecule has 0 heteroatoms. The van der Waals surface area contributed by atoms with Crippen LogP contribution in [0, 0.1) is 17.8 Å². The molecule has 0 aromatic heterocycles. The third-order valence-electron chi connectivity index (χ3n) is 2.90. The Kier molecular flexibility index (Phi) is 0.677. The van der Waals surface area contributed by atoms with Crippen LogP contribution in [0.1, 0.15) is 19.8 Å². The number of rotatable bonds is 0. The average Bonchev–Trinajstić information content (AvgIpc) is 1.76. The summed E-state index contributed by atoms with van der Waals surface area (Å²) in [5.74, 6) is 3.04. The molecule has 2 fully saturated rings. The zero-order chi connectivity index (χ0) is 5.72. The van der Waals surface area contributed by atoms with Crippen molar-refractivity contribution in [2.24, 2.45) is 17.8 Å². The van der Waals surface area contributed by atoms with Gasteiger partial charge in [0.25, 0.3) is 0 Å². The van der Waals surface area contributed by atoms with Gasteiger partial charge in [-0.3, -0.25) is 0 Å². The Morgan fingerprint density at radius 1 is 1.62 bits per heavy atom. The van der Waals surface area contributed by atoms with E-state index in [1.165, 1.54) is 18.4 Å². The first-order valence-corrected chi connectivity index (χ1v) is 3.46. The first-order chi connectivity index (χ1) is 3.79. The van der Waals surface area contributed by atoms with E-state index in [2.05, 4.69) is 13.5 Å². The molecule has 0 bridgehead atoms. The van der Waals surface area contributed by atoms with Gasteiger partial charge in [0.15, 0.2) is 0 Å². The van der Waals surface area contributed by atoms with E-state index >= 15 is 0 Å². The van der Waals surface area contributed by atoms with Crippen LogP contribution in [0.15, 0.2) is 12.2 Å². The highest BCUT2D eigenvalue weighted by atomic mass is 14.5. The zero-order valence-electron chi connectivity index (χ0n) is 5.35. The van der Waals surface area contributed by atoms with Crippen molar-refractivity contribution in [1.29, 1.82) is 0 Å². The quantitative estimate of drug-likeness (QED) is 0.417. The van der Waals surface area contributed by atoms with Crippen LogP contribution < -0.4 is 0 Å². The van der Waals surface area contributed by atoms with Crippen molar-refractivity contribution >= 4 is 0 Å². The fourth-order valence-electron chi connectivity index (χ4n) is 2.06. The molecule has 3 unspecified atom stereocenters. The van der Waals surface area contributed by atoms with Crippen molar-refractivity contribution < 1.29 is 0 Å². The van der Waals surface area contributed by atoms with Crippen LogP contribution in [-0.2, 0) is 0 Å². The molecule has 0 heterocycles. The lowest BCUT2D eigenvalue weighted by Crippen LogP contribution is -2.44. The lowest BCUT2D eigenvalue weighted by Gasteiger charge is -2.53. The van der Waals surface area contributed by atoms with Crippen molar-refractivity contribution in [1.82, 2.24) is 0 Å². The predicted octanol–water partition coefficient (Wildman–Crippen LogP) is 2.22. The van der Waals surface area contributed by atoms with E-state index < -0.39 is 0 Å². The standard InChI is InChI=1S/C8H12/c1-5-3-8-6(2)4-7(5)8/h6-8H,1,3-4H2,2H3. The van der Waals surface area contributed by atoms with Gasteiger partial charge < -0.3 is 0 Å². The monoisotopic (exact) mass is 108 g/mol. The molecule has 2 rings (SSSR count). The molecule has 8 heavy (non-hydrogen) atoms. The Bertz CT molecular complexity index is 135. The lowest BCUT2D eigenvalue weighted by molar-refractivity contribution is 0.0503. The summed E-state index contributed by atoms with van der Waals surface area (Å²) in [6, 6.07) is 0. The summed E-state index contributed by atoms with van der Waals surface area (Å²) < 4.78 is 0. The van der Waals surface area contributed by atoms with E-state index in [0.717, 1.165) is 17.8 Å². The van der Waals surface area contributed by atoms with Gasteiger partial charge in [0, 0.05) is 0 Å². The maximum atomic E-state index is 3.98. The van der Waals surface area contributed by atoms with Gasteiger partial charge >= 0.3 is 0 Å². The van der Waals surface area contributed by atoms with E-state index in [9.17, 15) is 0 Å². The van der Waals surface area contributed by atoms with Crippen LogP contribution >= 0.6 is 0 Å². The molecule has 0 amide bonds. The summed E-state index contributed by atoms with van der Waals surface area (Å²) in [7, 11) is 0. The summed E-state index contributed by atoms with van der Waals surface area (Å²) in [6.07, 6.45) is 2.77. The number of allylic oxidation sites excluding steroid dienone is 1. The summed E-state index contributed by atoms with van der Waals surface area (Å²) in [5, 5.41) is 0. The first kappa shape index (κ1) is 4.60. The topological polar surface area (TPSA) is 0 Å². The highest BCUT2D eigenvalue weighted by Gasteiger charge is 2.46. The molecule has 0 nitrogen and oxygen atoms in total. The number of hydrogen-bond donors (Lipinski definition) is 0. The van der Waals surface area contributed by atoms with E-state index in [0.29, 0.717) is 0 Å². The van der Waals surface area contributed by atoms with Crippen molar-refractivity contribution in [2.75, 3.05) is 0 Å². The normalized spacial score (nSPS) is 51.6. The van der Waals surface area contributed by atoms with Crippen LogP contribution in [0.2, 0.25) is 0 Å². The SMILES string of the molecule is C=C1CC2C(C)CC12. The smallest absolute Gasteiger partial charge is 0.0169 e. The minimum absolute atomic E-state index is 0.963. The molecule has 0 saturated heterocycles. The van der Waals surface area contributed by atoms with E-state index in [4.69, 9.17) is 0 Å². The van der Waals surface area contributed by atoms with Crippen LogP contribution in [0.25, 0.3) is 0 Å². The van der Waals surface area contributed by atoms with Gasteiger partial charge in [-0.1, -0.05) is 19.1 Å². The van der Waals surface area contributed by atoms with Gasteiger partial charge in [0.1, 0.15) is 0 Å². The van der Waals surface area contributed by atoms with E-state index in [-0.39, 0.29) is 0 Å². The second kappa shape index (κ2) is 1.18. The molecule has 3 atom stereocenters. The predicted molar refractivity (Wildman–Crippen MR) is 34.5 cm³/mol. The van der Waals surface area contributed by atoms with E-state index in [1.54, 1.807) is 0 Å². The molecule has 2 saturated carbocycles. The van der Waals surface area contributed by atoms with Gasteiger partial charge in [0.05, 0.1) is 0 Å². The minimum atomic E-state index is 0.963. The van der Waals surface area contributed by atoms with Gasteiger partial charge in [0.2, 0.25) is 0 Å². The van der Waals surface area contributed by atoms with Crippen LogP contribution in [0.4, 0.5) is 0 Å². The second-order valence-electron chi connectivity index (χ2n) is 3.35. The Morgan fingerprint density at radius 2 is 2.38 bits per heavy atom. The Labute approximate surface area is 50.6 Å². The Hall–Kier alpha value is -0.260. The first-order valence-electron chi connectivity index (χ1n) is 3.46. The molecule has 0 aromatic rings. The van der Waals surface area contributed by atoms with Crippen LogP contribution in [0.5, 0.6) is 0 Å². The molecule has 0 aromatic carbocycles. The summed E-state index contributed by atoms with van der Waals surface area (Å²) >= 11 is 0. The lowest BCUT2D eigenvalue weighted by atomic mass is 9.52. The van der Waals surface area contributed by atoms with E-state index in [1.807, 2.05) is 0 Å². The van der Waals surface area contributed by atoms with Crippen LogP contribution in [-0.4, -0.2) is 0 Å². The average molecular weight is 108 g/mol. The van der Waals surface area contributed by atoms with Gasteiger partial charge in [-0.25, -0.2) is 0 Å². The maximum Gasteiger partial charge on any atom is -0.0169 e. The highest BCUT2D eigenvalue weighted by molar-refractivity contribution is 5.20. The summed E-state index contributed by atoms with van der Waals surface area (Å²) in [4.78, 5) is 0. The number of hydrogen-bond acceptors (Lipinski definition) is 0. The molecule has 2 aliphatic carbocycles. The Balaban J connectivity index is 2.05. The Morgan fingerprint density at radius 3 is 2.50 bits per heavy atom. The maximum absolute atomic E-state index is 3.98.